The second-order valence-corrected chi connectivity index (χ2v) is 4.84. The van der Waals surface area contributed by atoms with Crippen LogP contribution in [0.4, 0.5) is 0 Å². The number of ether oxygens (including phenoxy) is 1. The minimum atomic E-state index is -0.677. The van der Waals surface area contributed by atoms with Crippen molar-refractivity contribution >= 4 is 29.2 Å². The third kappa shape index (κ3) is 1.92. The summed E-state index contributed by atoms with van der Waals surface area (Å²) >= 11 is 12.2. The predicted octanol–water partition coefficient (Wildman–Crippen LogP) is 2.96. The molecule has 1 saturated heterocycles. The van der Waals surface area contributed by atoms with Crippen LogP contribution in [0.3, 0.4) is 0 Å². The fourth-order valence-corrected chi connectivity index (χ4v) is 2.75. The number of carbonyl (C=O) groups is 1. The van der Waals surface area contributed by atoms with E-state index >= 15 is 0 Å². The van der Waals surface area contributed by atoms with E-state index in [1.165, 1.54) is 7.11 Å². The van der Waals surface area contributed by atoms with Crippen LogP contribution >= 0.6 is 23.2 Å². The maximum atomic E-state index is 11.8. The normalized spacial score (nSPS) is 26.7. The summed E-state index contributed by atoms with van der Waals surface area (Å²) in [7, 11) is 1.38. The fraction of sp³-hybridized carbons (Fsp3) is 0.417. The van der Waals surface area contributed by atoms with Gasteiger partial charge < -0.3 is 4.74 Å². The van der Waals surface area contributed by atoms with Crippen LogP contribution in [0.25, 0.3) is 0 Å². The molecule has 2 rings (SSSR count). The van der Waals surface area contributed by atoms with E-state index in [0.29, 0.717) is 16.5 Å². The van der Waals surface area contributed by atoms with Crippen LogP contribution in [0.2, 0.25) is 10.0 Å². The van der Waals surface area contributed by atoms with Gasteiger partial charge in [-0.15, -0.1) is 0 Å². The minimum Gasteiger partial charge on any atom is -0.468 e. The Hall–Kier alpha value is -0.770. The summed E-state index contributed by atoms with van der Waals surface area (Å²) in [5.74, 6) is -0.277. The molecule has 92 valence electrons. The topological polar surface area (TPSA) is 48.2 Å². The van der Waals surface area contributed by atoms with Gasteiger partial charge in [0.1, 0.15) is 5.54 Å². The average molecular weight is 274 g/mol. The van der Waals surface area contributed by atoms with Crippen molar-refractivity contribution in [2.75, 3.05) is 7.11 Å². The van der Waals surface area contributed by atoms with Crippen molar-refractivity contribution in [1.82, 2.24) is 5.32 Å². The Bertz CT molecular complexity index is 444. The summed E-state index contributed by atoms with van der Waals surface area (Å²) in [6, 6.07) is 5.14. The second-order valence-electron chi connectivity index (χ2n) is 4.03. The van der Waals surface area contributed by atoms with Crippen molar-refractivity contribution in [1.29, 1.82) is 0 Å². The van der Waals surface area contributed by atoms with Gasteiger partial charge in [0.05, 0.1) is 13.2 Å². The molecule has 0 aliphatic carbocycles. The lowest BCUT2D eigenvalue weighted by atomic mass is 9.97. The van der Waals surface area contributed by atoms with Crippen LogP contribution in [0.5, 0.6) is 0 Å². The molecule has 1 heterocycles. The zero-order chi connectivity index (χ0) is 12.6. The van der Waals surface area contributed by atoms with Crippen molar-refractivity contribution in [3.8, 4) is 0 Å². The largest absolute Gasteiger partial charge is 0.468 e. The van der Waals surface area contributed by atoms with E-state index in [2.05, 4.69) is 5.32 Å². The molecule has 0 amide bonds. The summed E-state index contributed by atoms with van der Waals surface area (Å²) in [5.41, 5.74) is 0.0895. The molecule has 0 saturated carbocycles. The molecule has 0 bridgehead atoms. The number of nitrogens with one attached hydrogen (secondary N) is 1. The van der Waals surface area contributed by atoms with E-state index in [9.17, 15) is 4.79 Å². The highest BCUT2D eigenvalue weighted by molar-refractivity contribution is 6.36. The number of methoxy groups -OCH3 is 1. The molecular weight excluding hydrogens is 261 g/mol. The smallest absolute Gasteiger partial charge is 0.328 e. The van der Waals surface area contributed by atoms with Gasteiger partial charge in [-0.2, -0.15) is 0 Å². The predicted molar refractivity (Wildman–Crippen MR) is 67.4 cm³/mol. The van der Waals surface area contributed by atoms with Crippen LogP contribution in [0.1, 0.15) is 24.9 Å². The Morgan fingerprint density at radius 3 is 2.53 bits per heavy atom. The van der Waals surface area contributed by atoms with Crippen molar-refractivity contribution in [2.24, 2.45) is 0 Å². The van der Waals surface area contributed by atoms with Gasteiger partial charge in [0.2, 0.25) is 0 Å². The number of rotatable bonds is 3. The van der Waals surface area contributed by atoms with Gasteiger partial charge in [0, 0.05) is 15.6 Å². The fourth-order valence-electron chi connectivity index (χ4n) is 2.13. The highest BCUT2D eigenvalue weighted by Gasteiger charge is 2.61. The summed E-state index contributed by atoms with van der Waals surface area (Å²) in [6.07, 6.45) is 0.631. The molecule has 2 atom stereocenters. The average Bonchev–Trinajstić information content (AvgIpc) is 3.04. The first-order chi connectivity index (χ1) is 8.06. The molecule has 1 fully saturated rings. The Morgan fingerprint density at radius 1 is 1.47 bits per heavy atom. The first-order valence-corrected chi connectivity index (χ1v) is 6.12. The molecule has 17 heavy (non-hydrogen) atoms. The van der Waals surface area contributed by atoms with E-state index < -0.39 is 5.54 Å². The highest BCUT2D eigenvalue weighted by atomic mass is 35.5. The number of hydrogen-bond donors (Lipinski definition) is 1. The Balaban J connectivity index is 2.36. The first kappa shape index (κ1) is 12.7. The first-order valence-electron chi connectivity index (χ1n) is 5.37. The van der Waals surface area contributed by atoms with Gasteiger partial charge in [-0.25, -0.2) is 4.79 Å². The number of hydrogen-bond acceptors (Lipinski definition) is 3. The SMILES string of the molecule is CC[C@]1(C(=O)OC)N[C@H]1c1c(Cl)cccc1Cl. The lowest BCUT2D eigenvalue weighted by Gasteiger charge is -2.11. The Labute approximate surface area is 110 Å². The molecule has 5 heteroatoms. The van der Waals surface area contributed by atoms with Crippen LogP contribution in [0, 0.1) is 0 Å². The number of carbonyl (C=O) groups excluding carboxylic acids is 1. The molecular formula is C12H13Cl2NO2. The van der Waals surface area contributed by atoms with Crippen molar-refractivity contribution in [3.63, 3.8) is 0 Å². The summed E-state index contributed by atoms with van der Waals surface area (Å²) in [6.45, 7) is 1.93. The van der Waals surface area contributed by atoms with Crippen LogP contribution < -0.4 is 5.32 Å². The van der Waals surface area contributed by atoms with E-state index in [1.54, 1.807) is 18.2 Å². The standard InChI is InChI=1S/C12H13Cl2NO2/c1-3-12(11(16)17-2)10(15-12)9-7(13)5-4-6-8(9)14/h4-6,10,15H,3H2,1-2H3/t10-,12-/m0/s1. The molecule has 1 N–H and O–H groups in total. The van der Waals surface area contributed by atoms with Crippen molar-refractivity contribution in [3.05, 3.63) is 33.8 Å². The molecule has 1 aliphatic rings. The molecule has 1 aromatic rings. The molecule has 0 spiro atoms. The molecule has 0 unspecified atom stereocenters. The lowest BCUT2D eigenvalue weighted by Crippen LogP contribution is -2.28. The number of halogens is 2. The zero-order valence-electron chi connectivity index (χ0n) is 9.59. The van der Waals surface area contributed by atoms with Gasteiger partial charge in [-0.3, -0.25) is 5.32 Å². The summed E-state index contributed by atoms with van der Waals surface area (Å²) in [4.78, 5) is 11.8. The maximum absolute atomic E-state index is 11.8. The van der Waals surface area contributed by atoms with E-state index in [4.69, 9.17) is 27.9 Å². The molecule has 0 radical (unpaired) electrons. The zero-order valence-corrected chi connectivity index (χ0v) is 11.1. The molecule has 3 nitrogen and oxygen atoms in total. The maximum Gasteiger partial charge on any atom is 0.328 e. The molecule has 0 aromatic heterocycles. The van der Waals surface area contributed by atoms with Crippen LogP contribution in [0.15, 0.2) is 18.2 Å². The van der Waals surface area contributed by atoms with Gasteiger partial charge in [0.25, 0.3) is 0 Å². The lowest BCUT2D eigenvalue weighted by molar-refractivity contribution is -0.143. The second kappa shape index (κ2) is 4.48. The number of benzene rings is 1. The molecule has 1 aliphatic heterocycles. The summed E-state index contributed by atoms with van der Waals surface area (Å²) < 4.78 is 4.81. The van der Waals surface area contributed by atoms with Crippen LogP contribution in [-0.4, -0.2) is 18.6 Å². The Morgan fingerprint density at radius 2 is 2.06 bits per heavy atom. The highest BCUT2D eigenvalue weighted by Crippen LogP contribution is 2.48. The van der Waals surface area contributed by atoms with Crippen molar-refractivity contribution < 1.29 is 9.53 Å². The van der Waals surface area contributed by atoms with E-state index in [0.717, 1.165) is 5.56 Å². The van der Waals surface area contributed by atoms with E-state index in [1.807, 2.05) is 6.92 Å². The number of esters is 1. The van der Waals surface area contributed by atoms with Gasteiger partial charge >= 0.3 is 5.97 Å². The minimum absolute atomic E-state index is 0.166. The van der Waals surface area contributed by atoms with Gasteiger partial charge in [-0.1, -0.05) is 36.2 Å². The van der Waals surface area contributed by atoms with Crippen molar-refractivity contribution in [2.45, 2.75) is 24.9 Å². The molecule has 1 aromatic carbocycles. The monoisotopic (exact) mass is 273 g/mol. The van der Waals surface area contributed by atoms with Gasteiger partial charge in [-0.05, 0) is 18.6 Å². The summed E-state index contributed by atoms with van der Waals surface area (Å²) in [5, 5.41) is 4.27. The van der Waals surface area contributed by atoms with Gasteiger partial charge in [0.15, 0.2) is 0 Å². The quantitative estimate of drug-likeness (QED) is 0.681. The third-order valence-electron chi connectivity index (χ3n) is 3.21. The van der Waals surface area contributed by atoms with Crippen LogP contribution in [-0.2, 0) is 9.53 Å². The third-order valence-corrected chi connectivity index (χ3v) is 3.87. The van der Waals surface area contributed by atoms with E-state index in [-0.39, 0.29) is 12.0 Å². The Kier molecular flexibility index (Phi) is 3.34.